The monoisotopic (exact) mass is 221 g/mol. The molecule has 6 nitrogen and oxygen atoms in total. The van der Waals surface area contributed by atoms with Crippen molar-refractivity contribution in [3.05, 3.63) is 33.9 Å². The Balaban J connectivity index is 3.12. The van der Waals surface area contributed by atoms with Crippen LogP contribution < -0.4 is 4.90 Å². The van der Waals surface area contributed by atoms with Crippen LogP contribution in [0.25, 0.3) is 0 Å². The molecule has 0 saturated carbocycles. The minimum atomic E-state index is -0.545. The SMILES string of the molecule is CN(CCO)c1ccc([N+](=O)[O-])cc1C#N. The van der Waals surface area contributed by atoms with Crippen molar-refractivity contribution in [1.29, 1.82) is 5.26 Å². The first-order chi connectivity index (χ1) is 7.60. The molecule has 0 aliphatic rings. The molecule has 84 valence electrons. The van der Waals surface area contributed by atoms with E-state index in [9.17, 15) is 10.1 Å². The van der Waals surface area contributed by atoms with Gasteiger partial charge in [0.15, 0.2) is 0 Å². The molecule has 0 aliphatic heterocycles. The summed E-state index contributed by atoms with van der Waals surface area (Å²) in [6, 6.07) is 5.97. The van der Waals surface area contributed by atoms with Crippen molar-refractivity contribution in [3.8, 4) is 6.07 Å². The lowest BCUT2D eigenvalue weighted by atomic mass is 10.1. The van der Waals surface area contributed by atoms with Gasteiger partial charge in [-0.15, -0.1) is 0 Å². The third-order valence-corrected chi connectivity index (χ3v) is 2.16. The molecule has 0 aromatic heterocycles. The molecule has 0 spiro atoms. The smallest absolute Gasteiger partial charge is 0.270 e. The Kier molecular flexibility index (Phi) is 3.80. The minimum Gasteiger partial charge on any atom is -0.395 e. The molecule has 0 saturated heterocycles. The van der Waals surface area contributed by atoms with Gasteiger partial charge in [-0.2, -0.15) is 5.26 Å². The standard InChI is InChI=1S/C10H11N3O3/c1-12(4-5-14)10-3-2-9(13(15)16)6-8(10)7-11/h2-3,6,14H,4-5H2,1H3. The molecule has 0 heterocycles. The van der Waals surface area contributed by atoms with Crippen molar-refractivity contribution < 1.29 is 10.0 Å². The van der Waals surface area contributed by atoms with Crippen molar-refractivity contribution in [1.82, 2.24) is 0 Å². The van der Waals surface area contributed by atoms with Gasteiger partial charge < -0.3 is 10.0 Å². The highest BCUT2D eigenvalue weighted by Crippen LogP contribution is 2.23. The molecule has 1 N–H and O–H groups in total. The second-order valence-electron chi connectivity index (χ2n) is 3.22. The summed E-state index contributed by atoms with van der Waals surface area (Å²) in [5.41, 5.74) is 0.685. The number of benzene rings is 1. The second kappa shape index (κ2) is 5.09. The average Bonchev–Trinajstić information content (AvgIpc) is 2.28. The number of nitrogens with zero attached hydrogens (tertiary/aromatic N) is 3. The van der Waals surface area contributed by atoms with E-state index in [0.717, 1.165) is 0 Å². The van der Waals surface area contributed by atoms with Crippen LogP contribution in [0.5, 0.6) is 0 Å². The number of likely N-dealkylation sites (N-methyl/N-ethyl adjacent to an activating group) is 1. The summed E-state index contributed by atoms with van der Waals surface area (Å²) >= 11 is 0. The van der Waals surface area contributed by atoms with Crippen molar-refractivity contribution in [2.24, 2.45) is 0 Å². The topological polar surface area (TPSA) is 90.4 Å². The lowest BCUT2D eigenvalue weighted by Crippen LogP contribution is -2.22. The molecule has 1 aromatic carbocycles. The molecule has 16 heavy (non-hydrogen) atoms. The first-order valence-electron chi connectivity index (χ1n) is 4.60. The van der Waals surface area contributed by atoms with Crippen LogP contribution in [0.4, 0.5) is 11.4 Å². The van der Waals surface area contributed by atoms with Gasteiger partial charge in [0.05, 0.1) is 22.8 Å². The highest BCUT2D eigenvalue weighted by Gasteiger charge is 2.12. The Morgan fingerprint density at radius 1 is 1.62 bits per heavy atom. The predicted molar refractivity (Wildman–Crippen MR) is 58.2 cm³/mol. The molecular formula is C10H11N3O3. The summed E-state index contributed by atoms with van der Waals surface area (Å²) in [7, 11) is 1.71. The molecule has 1 aromatic rings. The Morgan fingerprint density at radius 3 is 2.81 bits per heavy atom. The maximum Gasteiger partial charge on any atom is 0.270 e. The molecule has 0 radical (unpaired) electrons. The summed E-state index contributed by atoms with van der Waals surface area (Å²) in [5.74, 6) is 0. The van der Waals surface area contributed by atoms with Crippen LogP contribution in [-0.4, -0.2) is 30.2 Å². The fraction of sp³-hybridized carbons (Fsp3) is 0.300. The zero-order valence-electron chi connectivity index (χ0n) is 8.75. The number of rotatable bonds is 4. The number of hydrogen-bond acceptors (Lipinski definition) is 5. The average molecular weight is 221 g/mol. The summed E-state index contributed by atoms with van der Waals surface area (Å²) in [5, 5.41) is 28.2. The third-order valence-electron chi connectivity index (χ3n) is 2.16. The summed E-state index contributed by atoms with van der Waals surface area (Å²) in [4.78, 5) is 11.6. The molecule has 0 amide bonds. The van der Waals surface area contributed by atoms with Gasteiger partial charge in [-0.25, -0.2) is 0 Å². The third kappa shape index (κ3) is 2.46. The number of aliphatic hydroxyl groups is 1. The van der Waals surface area contributed by atoms with Crippen LogP contribution in [0.3, 0.4) is 0 Å². The maximum absolute atomic E-state index is 10.5. The second-order valence-corrected chi connectivity index (χ2v) is 3.22. The van der Waals surface area contributed by atoms with Crippen LogP contribution in [0.15, 0.2) is 18.2 Å². The van der Waals surface area contributed by atoms with Crippen molar-refractivity contribution in [2.75, 3.05) is 25.1 Å². The Hall–Kier alpha value is -2.13. The maximum atomic E-state index is 10.5. The number of anilines is 1. The Bertz CT molecular complexity index is 439. The van der Waals surface area contributed by atoms with E-state index in [1.54, 1.807) is 11.9 Å². The van der Waals surface area contributed by atoms with Crippen LogP contribution in [-0.2, 0) is 0 Å². The van der Waals surface area contributed by atoms with E-state index in [1.807, 2.05) is 6.07 Å². The predicted octanol–water partition coefficient (Wildman–Crippen LogP) is 0.895. The first kappa shape index (κ1) is 11.9. The highest BCUT2D eigenvalue weighted by atomic mass is 16.6. The molecule has 0 bridgehead atoms. The van der Waals surface area contributed by atoms with Crippen LogP contribution in [0.2, 0.25) is 0 Å². The molecule has 1 rings (SSSR count). The lowest BCUT2D eigenvalue weighted by molar-refractivity contribution is -0.384. The van der Waals surface area contributed by atoms with Gasteiger partial charge in [-0.05, 0) is 6.07 Å². The van der Waals surface area contributed by atoms with Crippen molar-refractivity contribution in [2.45, 2.75) is 0 Å². The Morgan fingerprint density at radius 2 is 2.31 bits per heavy atom. The van der Waals surface area contributed by atoms with Crippen LogP contribution in [0.1, 0.15) is 5.56 Å². The van der Waals surface area contributed by atoms with E-state index in [4.69, 9.17) is 10.4 Å². The van der Waals surface area contributed by atoms with Crippen molar-refractivity contribution in [3.63, 3.8) is 0 Å². The molecule has 0 aliphatic carbocycles. The number of nitro groups is 1. The lowest BCUT2D eigenvalue weighted by Gasteiger charge is -2.18. The van der Waals surface area contributed by atoms with E-state index in [0.29, 0.717) is 12.2 Å². The summed E-state index contributed by atoms with van der Waals surface area (Å²) in [6.07, 6.45) is 0. The van der Waals surface area contributed by atoms with Gasteiger partial charge in [0.25, 0.3) is 5.69 Å². The number of nitro benzene ring substituents is 1. The van der Waals surface area contributed by atoms with E-state index in [2.05, 4.69) is 0 Å². The number of hydrogen-bond donors (Lipinski definition) is 1. The van der Waals surface area contributed by atoms with E-state index >= 15 is 0 Å². The fourth-order valence-corrected chi connectivity index (χ4v) is 1.33. The summed E-state index contributed by atoms with van der Waals surface area (Å²) < 4.78 is 0. The van der Waals surface area contributed by atoms with Gasteiger partial charge in [-0.3, -0.25) is 10.1 Å². The van der Waals surface area contributed by atoms with Gasteiger partial charge in [0.2, 0.25) is 0 Å². The Labute approximate surface area is 92.5 Å². The van der Waals surface area contributed by atoms with Gasteiger partial charge in [0, 0.05) is 25.7 Å². The molecular weight excluding hydrogens is 210 g/mol. The molecule has 6 heteroatoms. The highest BCUT2D eigenvalue weighted by molar-refractivity contribution is 5.62. The first-order valence-corrected chi connectivity index (χ1v) is 4.60. The van der Waals surface area contributed by atoms with Gasteiger partial charge >= 0.3 is 0 Å². The van der Waals surface area contributed by atoms with Gasteiger partial charge in [0.1, 0.15) is 6.07 Å². The van der Waals surface area contributed by atoms with E-state index < -0.39 is 4.92 Å². The van der Waals surface area contributed by atoms with E-state index in [1.165, 1.54) is 18.2 Å². The van der Waals surface area contributed by atoms with Crippen molar-refractivity contribution >= 4 is 11.4 Å². The zero-order valence-corrected chi connectivity index (χ0v) is 8.75. The molecule has 0 fully saturated rings. The van der Waals surface area contributed by atoms with Crippen LogP contribution in [0, 0.1) is 21.4 Å². The fourth-order valence-electron chi connectivity index (χ4n) is 1.33. The van der Waals surface area contributed by atoms with Crippen LogP contribution >= 0.6 is 0 Å². The van der Waals surface area contributed by atoms with Gasteiger partial charge in [-0.1, -0.05) is 0 Å². The van der Waals surface area contributed by atoms with E-state index in [-0.39, 0.29) is 17.9 Å². The number of aliphatic hydroxyl groups excluding tert-OH is 1. The molecule has 0 atom stereocenters. The number of non-ortho nitro benzene ring substituents is 1. The molecule has 0 unspecified atom stereocenters. The zero-order chi connectivity index (χ0) is 12.1. The largest absolute Gasteiger partial charge is 0.395 e. The number of nitriles is 1. The minimum absolute atomic E-state index is 0.0433. The normalized spacial score (nSPS) is 9.56. The summed E-state index contributed by atoms with van der Waals surface area (Å²) in [6.45, 7) is 0.324. The quantitative estimate of drug-likeness (QED) is 0.602.